The molecule has 98 valence electrons. The SMILES string of the molecule is CC(Nc1cc(C(=O)O)ccn1)c1ccccc1Cl. The van der Waals surface area contributed by atoms with Gasteiger partial charge in [0.05, 0.1) is 11.6 Å². The third kappa shape index (κ3) is 3.23. The van der Waals surface area contributed by atoms with Crippen molar-refractivity contribution in [2.45, 2.75) is 13.0 Å². The fraction of sp³-hybridized carbons (Fsp3) is 0.143. The Kier molecular flexibility index (Phi) is 4.02. The molecule has 0 bridgehead atoms. The molecule has 4 nitrogen and oxygen atoms in total. The predicted octanol–water partition coefficient (Wildman–Crippen LogP) is 3.61. The Morgan fingerprint density at radius 3 is 2.79 bits per heavy atom. The standard InChI is InChI=1S/C14H13ClN2O2/c1-9(11-4-2-3-5-12(11)15)17-13-8-10(14(18)19)6-7-16-13/h2-9H,1H3,(H,16,17)(H,18,19). The van der Waals surface area contributed by atoms with E-state index in [0.717, 1.165) is 5.56 Å². The van der Waals surface area contributed by atoms with Crippen molar-refractivity contribution >= 4 is 23.4 Å². The van der Waals surface area contributed by atoms with E-state index in [1.165, 1.54) is 18.3 Å². The number of anilines is 1. The van der Waals surface area contributed by atoms with Gasteiger partial charge < -0.3 is 10.4 Å². The van der Waals surface area contributed by atoms with Crippen molar-refractivity contribution in [1.29, 1.82) is 0 Å². The van der Waals surface area contributed by atoms with E-state index in [2.05, 4.69) is 10.3 Å². The van der Waals surface area contributed by atoms with E-state index in [-0.39, 0.29) is 11.6 Å². The van der Waals surface area contributed by atoms with E-state index in [4.69, 9.17) is 16.7 Å². The molecule has 2 aromatic rings. The number of hydrogen-bond acceptors (Lipinski definition) is 3. The molecule has 2 N–H and O–H groups in total. The largest absolute Gasteiger partial charge is 0.478 e. The summed E-state index contributed by atoms with van der Waals surface area (Å²) in [4.78, 5) is 15.0. The Hall–Kier alpha value is -2.07. The van der Waals surface area contributed by atoms with Gasteiger partial charge in [-0.3, -0.25) is 0 Å². The Bertz CT molecular complexity index is 602. The first-order valence-electron chi connectivity index (χ1n) is 5.78. The number of hydrogen-bond donors (Lipinski definition) is 2. The number of carbonyl (C=O) groups is 1. The van der Waals surface area contributed by atoms with E-state index >= 15 is 0 Å². The molecule has 1 atom stereocenters. The number of halogens is 1. The maximum absolute atomic E-state index is 10.9. The predicted molar refractivity (Wildman–Crippen MR) is 74.7 cm³/mol. The number of nitrogens with zero attached hydrogens (tertiary/aromatic N) is 1. The summed E-state index contributed by atoms with van der Waals surface area (Å²) >= 11 is 6.11. The van der Waals surface area contributed by atoms with Gasteiger partial charge in [-0.2, -0.15) is 0 Å². The second-order valence-corrected chi connectivity index (χ2v) is 4.53. The topological polar surface area (TPSA) is 62.2 Å². The van der Waals surface area contributed by atoms with E-state index in [0.29, 0.717) is 10.8 Å². The second kappa shape index (κ2) is 5.71. The van der Waals surface area contributed by atoms with Crippen molar-refractivity contribution < 1.29 is 9.90 Å². The number of aromatic carboxylic acids is 1. The molecular weight excluding hydrogens is 264 g/mol. The summed E-state index contributed by atoms with van der Waals surface area (Å²) in [5.74, 6) is -0.469. The molecule has 1 aromatic heterocycles. The van der Waals surface area contributed by atoms with E-state index in [1.807, 2.05) is 31.2 Å². The van der Waals surface area contributed by atoms with Crippen LogP contribution >= 0.6 is 11.6 Å². The zero-order chi connectivity index (χ0) is 13.8. The summed E-state index contributed by atoms with van der Waals surface area (Å²) in [5.41, 5.74) is 1.13. The highest BCUT2D eigenvalue weighted by atomic mass is 35.5. The van der Waals surface area contributed by atoms with Crippen LogP contribution in [0.3, 0.4) is 0 Å². The lowest BCUT2D eigenvalue weighted by molar-refractivity contribution is 0.0697. The zero-order valence-electron chi connectivity index (χ0n) is 10.3. The molecule has 0 radical (unpaired) electrons. The molecule has 0 spiro atoms. The highest BCUT2D eigenvalue weighted by molar-refractivity contribution is 6.31. The fourth-order valence-electron chi connectivity index (χ4n) is 1.77. The maximum atomic E-state index is 10.9. The molecule has 0 saturated heterocycles. The molecule has 1 heterocycles. The van der Waals surface area contributed by atoms with Crippen LogP contribution in [-0.4, -0.2) is 16.1 Å². The molecular formula is C14H13ClN2O2. The first kappa shape index (κ1) is 13.4. The monoisotopic (exact) mass is 276 g/mol. The number of benzene rings is 1. The second-order valence-electron chi connectivity index (χ2n) is 4.12. The van der Waals surface area contributed by atoms with Gasteiger partial charge in [-0.25, -0.2) is 9.78 Å². The molecule has 0 amide bonds. The van der Waals surface area contributed by atoms with Crippen molar-refractivity contribution in [1.82, 2.24) is 4.98 Å². The molecule has 19 heavy (non-hydrogen) atoms. The Balaban J connectivity index is 2.19. The molecule has 5 heteroatoms. The van der Waals surface area contributed by atoms with Crippen LogP contribution in [-0.2, 0) is 0 Å². The van der Waals surface area contributed by atoms with Gasteiger partial charge in [-0.05, 0) is 30.7 Å². The number of carboxylic acid groups (broad SMARTS) is 1. The summed E-state index contributed by atoms with van der Waals surface area (Å²) in [6, 6.07) is 10.4. The Labute approximate surface area is 116 Å². The number of rotatable bonds is 4. The van der Waals surface area contributed by atoms with Crippen LogP contribution in [0.1, 0.15) is 28.9 Å². The Morgan fingerprint density at radius 1 is 1.37 bits per heavy atom. The number of aromatic nitrogens is 1. The minimum atomic E-state index is -0.976. The lowest BCUT2D eigenvalue weighted by Crippen LogP contribution is -2.09. The third-order valence-corrected chi connectivity index (χ3v) is 3.09. The van der Waals surface area contributed by atoms with Crippen molar-refractivity contribution in [3.63, 3.8) is 0 Å². The van der Waals surface area contributed by atoms with Crippen molar-refractivity contribution in [3.05, 3.63) is 58.7 Å². The molecule has 2 rings (SSSR count). The van der Waals surface area contributed by atoms with Crippen LogP contribution in [0.2, 0.25) is 5.02 Å². The lowest BCUT2D eigenvalue weighted by atomic mass is 10.1. The Morgan fingerprint density at radius 2 is 2.11 bits per heavy atom. The van der Waals surface area contributed by atoms with Gasteiger partial charge in [0.2, 0.25) is 0 Å². The van der Waals surface area contributed by atoms with Gasteiger partial charge in [-0.15, -0.1) is 0 Å². The molecule has 0 saturated carbocycles. The average Bonchev–Trinajstić information content (AvgIpc) is 2.39. The van der Waals surface area contributed by atoms with E-state index in [1.54, 1.807) is 0 Å². The average molecular weight is 277 g/mol. The van der Waals surface area contributed by atoms with Gasteiger partial charge in [0.15, 0.2) is 0 Å². The minimum absolute atomic E-state index is 0.0646. The zero-order valence-corrected chi connectivity index (χ0v) is 11.1. The summed E-state index contributed by atoms with van der Waals surface area (Å²) in [6.07, 6.45) is 1.46. The molecule has 1 unspecified atom stereocenters. The maximum Gasteiger partial charge on any atom is 0.335 e. The number of pyridine rings is 1. The summed E-state index contributed by atoms with van der Waals surface area (Å²) in [6.45, 7) is 1.94. The van der Waals surface area contributed by atoms with Gasteiger partial charge in [-0.1, -0.05) is 29.8 Å². The number of nitrogens with one attached hydrogen (secondary N) is 1. The quantitative estimate of drug-likeness (QED) is 0.895. The molecule has 0 aliphatic rings. The van der Waals surface area contributed by atoms with Crippen molar-refractivity contribution in [3.8, 4) is 0 Å². The van der Waals surface area contributed by atoms with Gasteiger partial charge >= 0.3 is 5.97 Å². The van der Waals surface area contributed by atoms with Crippen molar-refractivity contribution in [2.24, 2.45) is 0 Å². The normalized spacial score (nSPS) is 11.9. The third-order valence-electron chi connectivity index (χ3n) is 2.74. The lowest BCUT2D eigenvalue weighted by Gasteiger charge is -2.16. The van der Waals surface area contributed by atoms with Crippen LogP contribution in [0.25, 0.3) is 0 Å². The minimum Gasteiger partial charge on any atom is -0.478 e. The van der Waals surface area contributed by atoms with Crippen LogP contribution in [0.4, 0.5) is 5.82 Å². The van der Waals surface area contributed by atoms with Crippen LogP contribution in [0, 0.1) is 0 Å². The van der Waals surface area contributed by atoms with Crippen LogP contribution in [0.5, 0.6) is 0 Å². The van der Waals surface area contributed by atoms with Gasteiger partial charge in [0.25, 0.3) is 0 Å². The summed E-state index contributed by atoms with van der Waals surface area (Å²) in [7, 11) is 0. The fourth-order valence-corrected chi connectivity index (χ4v) is 2.07. The first-order valence-corrected chi connectivity index (χ1v) is 6.16. The van der Waals surface area contributed by atoms with E-state index < -0.39 is 5.97 Å². The summed E-state index contributed by atoms with van der Waals surface area (Å²) < 4.78 is 0. The van der Waals surface area contributed by atoms with Crippen LogP contribution < -0.4 is 5.32 Å². The van der Waals surface area contributed by atoms with E-state index in [9.17, 15) is 4.79 Å². The smallest absolute Gasteiger partial charge is 0.335 e. The van der Waals surface area contributed by atoms with Gasteiger partial charge in [0.1, 0.15) is 5.82 Å². The van der Waals surface area contributed by atoms with Gasteiger partial charge in [0, 0.05) is 11.2 Å². The molecule has 1 aromatic carbocycles. The first-order chi connectivity index (χ1) is 9.08. The summed E-state index contributed by atoms with van der Waals surface area (Å²) in [5, 5.41) is 12.7. The number of carboxylic acids is 1. The highest BCUT2D eigenvalue weighted by Crippen LogP contribution is 2.25. The van der Waals surface area contributed by atoms with Crippen LogP contribution in [0.15, 0.2) is 42.6 Å². The molecule has 0 aliphatic heterocycles. The molecule has 0 fully saturated rings. The van der Waals surface area contributed by atoms with Crippen molar-refractivity contribution in [2.75, 3.05) is 5.32 Å². The molecule has 0 aliphatic carbocycles. The highest BCUT2D eigenvalue weighted by Gasteiger charge is 2.10.